The lowest BCUT2D eigenvalue weighted by molar-refractivity contribution is 0.364. The molecule has 1 N–H and O–H groups in total. The van der Waals surface area contributed by atoms with Crippen molar-refractivity contribution in [2.45, 2.75) is 52.6 Å². The Hall–Kier alpha value is -1.12. The molecule has 2 aromatic rings. The maximum absolute atomic E-state index is 3.81. The van der Waals surface area contributed by atoms with E-state index in [0.29, 0.717) is 18.0 Å². The van der Waals surface area contributed by atoms with E-state index in [9.17, 15) is 0 Å². The van der Waals surface area contributed by atoms with Gasteiger partial charge in [0.1, 0.15) is 0 Å². The van der Waals surface area contributed by atoms with Gasteiger partial charge in [0.25, 0.3) is 0 Å². The normalized spacial score (nSPS) is 14.3. The molecule has 0 aliphatic heterocycles. The Kier molecular flexibility index (Phi) is 6.01. The van der Waals surface area contributed by atoms with Crippen LogP contribution in [0.5, 0.6) is 0 Å². The second-order valence-electron chi connectivity index (χ2n) is 6.33. The number of aryl methyl sites for hydroxylation is 2. The molecule has 0 aliphatic carbocycles. The number of benzene rings is 1. The molecule has 0 radical (unpaired) electrons. The molecule has 0 bridgehead atoms. The van der Waals surface area contributed by atoms with Gasteiger partial charge in [0.15, 0.2) is 0 Å². The third kappa shape index (κ3) is 4.98. The largest absolute Gasteiger partial charge is 0.307 e. The minimum absolute atomic E-state index is 0.470. The fourth-order valence-corrected chi connectivity index (χ4v) is 3.67. The van der Waals surface area contributed by atoms with E-state index in [0.717, 1.165) is 6.42 Å². The Morgan fingerprint density at radius 2 is 1.90 bits per heavy atom. The molecule has 0 amide bonds. The minimum atomic E-state index is 0.470. The summed E-state index contributed by atoms with van der Waals surface area (Å²) in [6.45, 7) is 9.06. The Labute approximate surface area is 133 Å². The average molecular weight is 301 g/mol. The smallest absolute Gasteiger partial charge is 0.0440 e. The van der Waals surface area contributed by atoms with Crippen LogP contribution in [0, 0.1) is 12.8 Å². The lowest BCUT2D eigenvalue weighted by atomic mass is 9.99. The Morgan fingerprint density at radius 1 is 1.10 bits per heavy atom. The Morgan fingerprint density at radius 3 is 2.52 bits per heavy atom. The van der Waals surface area contributed by atoms with E-state index in [2.05, 4.69) is 74.8 Å². The van der Waals surface area contributed by atoms with Crippen LogP contribution < -0.4 is 5.32 Å². The van der Waals surface area contributed by atoms with Crippen molar-refractivity contribution in [1.29, 1.82) is 0 Å². The SMILES string of the molecule is Cc1cccc(CCC(C)NC(c2cccs2)C(C)C)c1. The maximum atomic E-state index is 3.81. The quantitative estimate of drug-likeness (QED) is 0.725. The van der Waals surface area contributed by atoms with E-state index in [-0.39, 0.29) is 0 Å². The van der Waals surface area contributed by atoms with Crippen molar-refractivity contribution in [1.82, 2.24) is 5.32 Å². The summed E-state index contributed by atoms with van der Waals surface area (Å²) in [7, 11) is 0. The molecule has 0 aliphatic rings. The molecule has 21 heavy (non-hydrogen) atoms. The van der Waals surface area contributed by atoms with Gasteiger partial charge in [0.05, 0.1) is 0 Å². The third-order valence-corrected chi connectivity index (χ3v) is 4.88. The molecule has 2 rings (SSSR count). The van der Waals surface area contributed by atoms with Gasteiger partial charge in [-0.3, -0.25) is 0 Å². The lowest BCUT2D eigenvalue weighted by Crippen LogP contribution is -2.33. The van der Waals surface area contributed by atoms with Gasteiger partial charge in [-0.25, -0.2) is 0 Å². The summed E-state index contributed by atoms with van der Waals surface area (Å²) in [5, 5.41) is 5.98. The molecule has 0 spiro atoms. The number of hydrogen-bond donors (Lipinski definition) is 1. The van der Waals surface area contributed by atoms with Crippen molar-refractivity contribution in [2.75, 3.05) is 0 Å². The summed E-state index contributed by atoms with van der Waals surface area (Å²) in [4.78, 5) is 1.45. The molecule has 2 unspecified atom stereocenters. The predicted molar refractivity (Wildman–Crippen MR) is 94.0 cm³/mol. The molecule has 0 fully saturated rings. The van der Waals surface area contributed by atoms with E-state index in [1.165, 1.54) is 22.4 Å². The zero-order valence-corrected chi connectivity index (χ0v) is 14.4. The fraction of sp³-hybridized carbons (Fsp3) is 0.474. The number of rotatable bonds is 7. The molecular weight excluding hydrogens is 274 g/mol. The van der Waals surface area contributed by atoms with Crippen LogP contribution in [-0.4, -0.2) is 6.04 Å². The number of hydrogen-bond acceptors (Lipinski definition) is 2. The highest BCUT2D eigenvalue weighted by Crippen LogP contribution is 2.26. The molecule has 0 saturated carbocycles. The van der Waals surface area contributed by atoms with Crippen LogP contribution in [0.4, 0.5) is 0 Å². The van der Waals surface area contributed by atoms with Crippen LogP contribution in [0.1, 0.15) is 49.2 Å². The van der Waals surface area contributed by atoms with Crippen molar-refractivity contribution in [3.63, 3.8) is 0 Å². The van der Waals surface area contributed by atoms with Gasteiger partial charge in [-0.2, -0.15) is 0 Å². The van der Waals surface area contributed by atoms with Crippen molar-refractivity contribution >= 4 is 11.3 Å². The van der Waals surface area contributed by atoms with Gasteiger partial charge >= 0.3 is 0 Å². The van der Waals surface area contributed by atoms with E-state index in [1.807, 2.05) is 11.3 Å². The average Bonchev–Trinajstić information content (AvgIpc) is 2.96. The van der Waals surface area contributed by atoms with Crippen LogP contribution in [0.15, 0.2) is 41.8 Å². The Bertz CT molecular complexity index is 530. The summed E-state index contributed by atoms with van der Waals surface area (Å²) in [5.41, 5.74) is 2.80. The zero-order chi connectivity index (χ0) is 15.2. The van der Waals surface area contributed by atoms with Gasteiger partial charge in [0.2, 0.25) is 0 Å². The monoisotopic (exact) mass is 301 g/mol. The van der Waals surface area contributed by atoms with E-state index in [4.69, 9.17) is 0 Å². The maximum Gasteiger partial charge on any atom is 0.0440 e. The first-order valence-corrected chi connectivity index (χ1v) is 8.79. The van der Waals surface area contributed by atoms with Crippen LogP contribution in [0.2, 0.25) is 0 Å². The van der Waals surface area contributed by atoms with Gasteiger partial charge in [-0.1, -0.05) is 49.7 Å². The number of thiophene rings is 1. The molecular formula is C19H27NS. The molecule has 0 saturated heterocycles. The second kappa shape index (κ2) is 7.77. The van der Waals surface area contributed by atoms with E-state index < -0.39 is 0 Å². The standard InChI is InChI=1S/C19H27NS/c1-14(2)19(18-9-6-12-21-18)20-16(4)10-11-17-8-5-7-15(3)13-17/h5-9,12-14,16,19-20H,10-11H2,1-4H3. The summed E-state index contributed by atoms with van der Waals surface area (Å²) < 4.78 is 0. The van der Waals surface area contributed by atoms with Gasteiger partial charge < -0.3 is 5.32 Å². The predicted octanol–water partition coefficient (Wildman–Crippen LogP) is 5.36. The minimum Gasteiger partial charge on any atom is -0.307 e. The van der Waals surface area contributed by atoms with Crippen molar-refractivity contribution < 1.29 is 0 Å². The van der Waals surface area contributed by atoms with Crippen molar-refractivity contribution in [3.8, 4) is 0 Å². The molecule has 1 heterocycles. The van der Waals surface area contributed by atoms with E-state index in [1.54, 1.807) is 0 Å². The summed E-state index contributed by atoms with van der Waals surface area (Å²) in [5.74, 6) is 0.616. The molecule has 114 valence electrons. The first kappa shape index (κ1) is 16.3. The summed E-state index contributed by atoms with van der Waals surface area (Å²) in [6.07, 6.45) is 2.32. The molecule has 1 aromatic carbocycles. The highest BCUT2D eigenvalue weighted by Gasteiger charge is 2.18. The van der Waals surface area contributed by atoms with Crippen LogP contribution >= 0.6 is 11.3 Å². The molecule has 2 atom stereocenters. The van der Waals surface area contributed by atoms with Crippen molar-refractivity contribution in [3.05, 3.63) is 57.8 Å². The van der Waals surface area contributed by atoms with Gasteiger partial charge in [0, 0.05) is 17.0 Å². The van der Waals surface area contributed by atoms with Crippen LogP contribution in [0.25, 0.3) is 0 Å². The second-order valence-corrected chi connectivity index (χ2v) is 7.31. The third-order valence-electron chi connectivity index (χ3n) is 3.93. The van der Waals surface area contributed by atoms with Crippen LogP contribution in [0.3, 0.4) is 0 Å². The van der Waals surface area contributed by atoms with E-state index >= 15 is 0 Å². The topological polar surface area (TPSA) is 12.0 Å². The first-order valence-electron chi connectivity index (χ1n) is 7.91. The van der Waals surface area contributed by atoms with Gasteiger partial charge in [-0.15, -0.1) is 11.3 Å². The summed E-state index contributed by atoms with van der Waals surface area (Å²) in [6, 6.07) is 14.2. The highest BCUT2D eigenvalue weighted by atomic mass is 32.1. The summed E-state index contributed by atoms with van der Waals surface area (Å²) >= 11 is 1.86. The van der Waals surface area contributed by atoms with Crippen molar-refractivity contribution in [2.24, 2.45) is 5.92 Å². The molecule has 1 nitrogen and oxygen atoms in total. The molecule has 2 heteroatoms. The fourth-order valence-electron chi connectivity index (χ4n) is 2.71. The first-order chi connectivity index (χ1) is 10.1. The number of nitrogens with one attached hydrogen (secondary N) is 1. The Balaban J connectivity index is 1.89. The van der Waals surface area contributed by atoms with Gasteiger partial charge in [-0.05, 0) is 49.6 Å². The highest BCUT2D eigenvalue weighted by molar-refractivity contribution is 7.10. The lowest BCUT2D eigenvalue weighted by Gasteiger charge is -2.26. The molecule has 1 aromatic heterocycles. The zero-order valence-electron chi connectivity index (χ0n) is 13.6. The van der Waals surface area contributed by atoms with Crippen LogP contribution in [-0.2, 0) is 6.42 Å².